The third kappa shape index (κ3) is 15.4. The van der Waals surface area contributed by atoms with Crippen LogP contribution in [0.5, 0.6) is 0 Å². The SMILES string of the molecule is CCCCCCCCCCCCOC1CCC(COC2CCC(CCC3CCC(CCCCC)CC3)CC2)CC1. The van der Waals surface area contributed by atoms with Crippen LogP contribution in [0.1, 0.15) is 194 Å². The number of rotatable bonds is 22. The molecule has 2 nitrogen and oxygen atoms in total. The van der Waals surface area contributed by atoms with Gasteiger partial charge < -0.3 is 9.47 Å². The van der Waals surface area contributed by atoms with Crippen LogP contribution < -0.4 is 0 Å². The summed E-state index contributed by atoms with van der Waals surface area (Å²) in [4.78, 5) is 0. The smallest absolute Gasteiger partial charge is 0.0575 e. The summed E-state index contributed by atoms with van der Waals surface area (Å²) in [6.07, 6.45) is 40.7. The van der Waals surface area contributed by atoms with Gasteiger partial charge in [-0.3, -0.25) is 0 Å². The minimum atomic E-state index is 0.529. The van der Waals surface area contributed by atoms with Crippen molar-refractivity contribution in [3.05, 3.63) is 0 Å². The zero-order chi connectivity index (χ0) is 28.1. The molecule has 0 saturated heterocycles. The third-order valence-corrected chi connectivity index (χ3v) is 11.2. The summed E-state index contributed by atoms with van der Waals surface area (Å²) in [5, 5.41) is 0. The zero-order valence-corrected chi connectivity index (χ0v) is 27.5. The van der Waals surface area contributed by atoms with Crippen molar-refractivity contribution in [1.82, 2.24) is 0 Å². The van der Waals surface area contributed by atoms with E-state index in [9.17, 15) is 0 Å². The Kier molecular flexibility index (Phi) is 19.3. The summed E-state index contributed by atoms with van der Waals surface area (Å²) in [5.41, 5.74) is 0. The highest BCUT2D eigenvalue weighted by molar-refractivity contribution is 4.78. The fraction of sp³-hybridized carbons (Fsp3) is 1.00. The lowest BCUT2D eigenvalue weighted by Gasteiger charge is -2.33. The van der Waals surface area contributed by atoms with Crippen LogP contribution in [0, 0.1) is 23.7 Å². The fourth-order valence-electron chi connectivity index (χ4n) is 8.13. The second-order valence-corrected chi connectivity index (χ2v) is 14.6. The van der Waals surface area contributed by atoms with Gasteiger partial charge in [0.25, 0.3) is 0 Å². The lowest BCUT2D eigenvalue weighted by Crippen LogP contribution is -2.28. The minimum absolute atomic E-state index is 0.529. The highest BCUT2D eigenvalue weighted by Crippen LogP contribution is 2.37. The van der Waals surface area contributed by atoms with Crippen LogP contribution in [0.15, 0.2) is 0 Å². The molecule has 236 valence electrons. The van der Waals surface area contributed by atoms with E-state index >= 15 is 0 Å². The number of ether oxygens (including phenoxy) is 2. The van der Waals surface area contributed by atoms with E-state index < -0.39 is 0 Å². The normalized spacial score (nSPS) is 29.6. The molecule has 0 atom stereocenters. The van der Waals surface area contributed by atoms with Crippen molar-refractivity contribution in [2.75, 3.05) is 13.2 Å². The summed E-state index contributed by atoms with van der Waals surface area (Å²) < 4.78 is 12.7. The van der Waals surface area contributed by atoms with Gasteiger partial charge in [-0.05, 0) is 81.5 Å². The molecule has 0 bridgehead atoms. The number of hydrogen-bond donors (Lipinski definition) is 0. The van der Waals surface area contributed by atoms with E-state index in [1.807, 2.05) is 0 Å². The van der Waals surface area contributed by atoms with Crippen molar-refractivity contribution in [3.63, 3.8) is 0 Å². The van der Waals surface area contributed by atoms with Gasteiger partial charge in [-0.25, -0.2) is 0 Å². The van der Waals surface area contributed by atoms with Crippen molar-refractivity contribution < 1.29 is 9.47 Å². The Labute approximate surface area is 251 Å². The highest BCUT2D eigenvalue weighted by Gasteiger charge is 2.27. The summed E-state index contributed by atoms with van der Waals surface area (Å²) in [5.74, 6) is 3.88. The third-order valence-electron chi connectivity index (χ3n) is 11.2. The topological polar surface area (TPSA) is 18.5 Å². The Bertz CT molecular complexity index is 552. The van der Waals surface area contributed by atoms with Crippen LogP contribution in [-0.2, 0) is 9.47 Å². The number of hydrogen-bond acceptors (Lipinski definition) is 2. The Hall–Kier alpha value is -0.0800. The van der Waals surface area contributed by atoms with E-state index in [4.69, 9.17) is 9.47 Å². The molecule has 40 heavy (non-hydrogen) atoms. The molecule has 2 heteroatoms. The molecule has 3 fully saturated rings. The van der Waals surface area contributed by atoms with Crippen molar-refractivity contribution in [3.8, 4) is 0 Å². The summed E-state index contributed by atoms with van der Waals surface area (Å²) in [6, 6.07) is 0. The van der Waals surface area contributed by atoms with Crippen LogP contribution >= 0.6 is 0 Å². The summed E-state index contributed by atoms with van der Waals surface area (Å²) >= 11 is 0. The first-order valence-corrected chi connectivity index (χ1v) is 19.0. The molecule has 0 unspecified atom stereocenters. The van der Waals surface area contributed by atoms with Gasteiger partial charge in [0.1, 0.15) is 0 Å². The first kappa shape index (κ1) is 34.4. The second kappa shape index (κ2) is 22.5. The molecule has 0 aromatic rings. The largest absolute Gasteiger partial charge is 0.378 e. The van der Waals surface area contributed by atoms with Crippen LogP contribution in [0.4, 0.5) is 0 Å². The molecular formula is C38H72O2. The molecule has 3 aliphatic carbocycles. The van der Waals surface area contributed by atoms with Gasteiger partial charge in [0.15, 0.2) is 0 Å². The van der Waals surface area contributed by atoms with Gasteiger partial charge >= 0.3 is 0 Å². The van der Waals surface area contributed by atoms with Crippen LogP contribution in [-0.4, -0.2) is 25.4 Å². The molecule has 0 aliphatic heterocycles. The van der Waals surface area contributed by atoms with E-state index in [0.717, 1.165) is 36.9 Å². The Morgan fingerprint density at radius 3 is 1.32 bits per heavy atom. The zero-order valence-electron chi connectivity index (χ0n) is 27.5. The van der Waals surface area contributed by atoms with Crippen LogP contribution in [0.2, 0.25) is 0 Å². The average Bonchev–Trinajstić information content (AvgIpc) is 2.99. The molecule has 3 rings (SSSR count). The standard InChI is InChI=1S/C38H72O2/c1-3-5-7-8-9-10-11-12-13-15-31-39-37-29-25-36(26-30-37)32-40-38-27-23-35(24-28-38)22-21-34-19-17-33(18-20-34)16-14-6-4-2/h33-38H,3-32H2,1-2H3. The van der Waals surface area contributed by atoms with Crippen LogP contribution in [0.25, 0.3) is 0 Å². The highest BCUT2D eigenvalue weighted by atomic mass is 16.5. The van der Waals surface area contributed by atoms with Crippen molar-refractivity contribution in [1.29, 1.82) is 0 Å². The number of unbranched alkanes of at least 4 members (excludes halogenated alkanes) is 11. The molecule has 0 aromatic carbocycles. The second-order valence-electron chi connectivity index (χ2n) is 14.6. The Morgan fingerprint density at radius 2 is 0.775 bits per heavy atom. The maximum absolute atomic E-state index is 6.48. The molecule has 0 N–H and O–H groups in total. The quantitative estimate of drug-likeness (QED) is 0.123. The van der Waals surface area contributed by atoms with Crippen molar-refractivity contribution >= 4 is 0 Å². The predicted octanol–water partition coefficient (Wildman–Crippen LogP) is 12.2. The fourth-order valence-corrected chi connectivity index (χ4v) is 8.13. The lowest BCUT2D eigenvalue weighted by molar-refractivity contribution is -0.0290. The van der Waals surface area contributed by atoms with Crippen molar-refractivity contribution in [2.45, 2.75) is 206 Å². The first-order chi connectivity index (χ1) is 19.8. The van der Waals surface area contributed by atoms with Gasteiger partial charge in [0.05, 0.1) is 12.2 Å². The predicted molar refractivity (Wildman–Crippen MR) is 174 cm³/mol. The van der Waals surface area contributed by atoms with Gasteiger partial charge in [-0.1, -0.05) is 136 Å². The molecule has 0 radical (unpaired) electrons. The van der Waals surface area contributed by atoms with Gasteiger partial charge in [0.2, 0.25) is 0 Å². The maximum atomic E-state index is 6.48. The van der Waals surface area contributed by atoms with Gasteiger partial charge in [-0.2, -0.15) is 0 Å². The summed E-state index contributed by atoms with van der Waals surface area (Å²) in [6.45, 7) is 6.64. The average molecular weight is 561 g/mol. The van der Waals surface area contributed by atoms with Gasteiger partial charge in [-0.15, -0.1) is 0 Å². The molecule has 0 aromatic heterocycles. The Balaban J connectivity index is 1.10. The van der Waals surface area contributed by atoms with Gasteiger partial charge in [0, 0.05) is 13.2 Å². The Morgan fingerprint density at radius 1 is 0.375 bits per heavy atom. The van der Waals surface area contributed by atoms with E-state index in [2.05, 4.69) is 13.8 Å². The molecule has 0 spiro atoms. The summed E-state index contributed by atoms with van der Waals surface area (Å²) in [7, 11) is 0. The monoisotopic (exact) mass is 561 g/mol. The maximum Gasteiger partial charge on any atom is 0.0575 e. The first-order valence-electron chi connectivity index (χ1n) is 19.0. The van der Waals surface area contributed by atoms with Crippen molar-refractivity contribution in [2.24, 2.45) is 23.7 Å². The molecular weight excluding hydrogens is 488 g/mol. The molecule has 0 heterocycles. The minimum Gasteiger partial charge on any atom is -0.378 e. The molecule has 3 saturated carbocycles. The van der Waals surface area contributed by atoms with E-state index in [1.54, 1.807) is 0 Å². The molecule has 3 aliphatic rings. The lowest BCUT2D eigenvalue weighted by atomic mass is 9.76. The van der Waals surface area contributed by atoms with E-state index in [1.165, 1.54) is 180 Å². The van der Waals surface area contributed by atoms with E-state index in [0.29, 0.717) is 12.2 Å². The van der Waals surface area contributed by atoms with E-state index in [-0.39, 0.29) is 0 Å². The van der Waals surface area contributed by atoms with Crippen LogP contribution in [0.3, 0.4) is 0 Å². The molecule has 0 amide bonds.